The molecule has 1 atom stereocenters. The van der Waals surface area contributed by atoms with E-state index in [-0.39, 0.29) is 29.5 Å². The normalized spacial score (nSPS) is 25.4. The lowest BCUT2D eigenvalue weighted by Gasteiger charge is -2.27. The van der Waals surface area contributed by atoms with Crippen molar-refractivity contribution in [2.24, 2.45) is 0 Å². The van der Waals surface area contributed by atoms with Crippen LogP contribution in [0, 0.1) is 3.95 Å². The van der Waals surface area contributed by atoms with E-state index in [2.05, 4.69) is 10.00 Å². The summed E-state index contributed by atoms with van der Waals surface area (Å²) in [5, 5.41) is 5.26. The van der Waals surface area contributed by atoms with Crippen LogP contribution in [0.2, 0.25) is 0 Å². The first kappa shape index (κ1) is 17.6. The number of sulfone groups is 1. The molecule has 0 bridgehead atoms. The van der Waals surface area contributed by atoms with Crippen molar-refractivity contribution in [2.45, 2.75) is 63.8 Å². The predicted molar refractivity (Wildman–Crippen MR) is 99.0 cm³/mol. The molecule has 0 radical (unpaired) electrons. The molecule has 2 heterocycles. The zero-order chi connectivity index (χ0) is 17.8. The number of anilines is 1. The number of carbonyl (C=O) groups is 1. The highest BCUT2D eigenvalue weighted by Crippen LogP contribution is 2.35. The maximum Gasteiger partial charge on any atom is 0.225 e. The molecule has 3 fully saturated rings. The van der Waals surface area contributed by atoms with E-state index in [9.17, 15) is 13.2 Å². The summed E-state index contributed by atoms with van der Waals surface area (Å²) >= 11 is 6.83. The van der Waals surface area contributed by atoms with E-state index in [4.69, 9.17) is 12.2 Å². The molecule has 0 spiro atoms. The van der Waals surface area contributed by atoms with Gasteiger partial charge in [0.2, 0.25) is 11.0 Å². The van der Waals surface area contributed by atoms with Gasteiger partial charge in [-0.3, -0.25) is 14.6 Å². The Kier molecular flexibility index (Phi) is 4.50. The van der Waals surface area contributed by atoms with Gasteiger partial charge in [-0.1, -0.05) is 11.3 Å². The minimum absolute atomic E-state index is 0.000615. The van der Waals surface area contributed by atoms with E-state index < -0.39 is 9.84 Å². The smallest absolute Gasteiger partial charge is 0.225 e. The highest BCUT2D eigenvalue weighted by Gasteiger charge is 2.40. The Bertz CT molecular complexity index is 838. The second-order valence-corrected chi connectivity index (χ2v) is 11.0. The Labute approximate surface area is 156 Å². The van der Waals surface area contributed by atoms with Crippen LogP contribution in [0.4, 0.5) is 5.13 Å². The topological polar surface area (TPSA) is 75.5 Å². The number of aromatic nitrogens is 2. The fourth-order valence-corrected chi connectivity index (χ4v) is 6.43. The molecule has 2 saturated carbocycles. The lowest BCUT2D eigenvalue weighted by molar-refractivity contribution is -0.116. The minimum Gasteiger partial charge on any atom is -0.284 e. The first-order chi connectivity index (χ1) is 11.8. The van der Waals surface area contributed by atoms with Gasteiger partial charge in [-0.2, -0.15) is 0 Å². The van der Waals surface area contributed by atoms with Crippen molar-refractivity contribution in [3.05, 3.63) is 3.95 Å². The molecule has 7 nitrogen and oxygen atoms in total. The minimum atomic E-state index is -2.92. The third-order valence-corrected chi connectivity index (χ3v) is 8.10. The van der Waals surface area contributed by atoms with Crippen LogP contribution in [-0.2, 0) is 21.3 Å². The molecule has 25 heavy (non-hydrogen) atoms. The summed E-state index contributed by atoms with van der Waals surface area (Å²) in [6.07, 6.45) is 4.91. The van der Waals surface area contributed by atoms with Gasteiger partial charge in [0.25, 0.3) is 0 Å². The highest BCUT2D eigenvalue weighted by molar-refractivity contribution is 7.91. The Balaban J connectivity index is 1.55. The molecule has 0 N–H and O–H groups in total. The van der Waals surface area contributed by atoms with E-state index >= 15 is 0 Å². The summed E-state index contributed by atoms with van der Waals surface area (Å²) in [6.45, 7) is 2.07. The Hall–Kier alpha value is -0.840. The lowest BCUT2D eigenvalue weighted by atomic mass is 10.2. The van der Waals surface area contributed by atoms with Gasteiger partial charge in [-0.15, -0.1) is 5.10 Å². The van der Waals surface area contributed by atoms with Crippen molar-refractivity contribution < 1.29 is 13.2 Å². The molecule has 1 aromatic heterocycles. The summed E-state index contributed by atoms with van der Waals surface area (Å²) in [5.41, 5.74) is 0. The summed E-state index contributed by atoms with van der Waals surface area (Å²) in [7, 11) is -2.92. The van der Waals surface area contributed by atoms with Crippen LogP contribution in [0.25, 0.3) is 0 Å². The van der Waals surface area contributed by atoms with Gasteiger partial charge in [-0.25, -0.2) is 13.1 Å². The van der Waals surface area contributed by atoms with Crippen molar-refractivity contribution in [3.63, 3.8) is 0 Å². The van der Waals surface area contributed by atoms with E-state index in [1.807, 2.05) is 0 Å². The number of amides is 1. The second-order valence-electron chi connectivity index (χ2n) is 7.21. The van der Waals surface area contributed by atoms with Crippen LogP contribution in [0.3, 0.4) is 0 Å². The predicted octanol–water partition coefficient (Wildman–Crippen LogP) is 1.80. The maximum atomic E-state index is 11.9. The number of hydrogen-bond acceptors (Lipinski definition) is 7. The molecule has 0 aromatic carbocycles. The summed E-state index contributed by atoms with van der Waals surface area (Å²) in [6, 6.07) is 0.737. The van der Waals surface area contributed by atoms with Gasteiger partial charge < -0.3 is 0 Å². The zero-order valence-electron chi connectivity index (χ0n) is 14.1. The van der Waals surface area contributed by atoms with Crippen molar-refractivity contribution in [1.82, 2.24) is 14.7 Å². The molecular formula is C15H22N4O3S3. The SMILES string of the molecule is CC(=O)N(c1nn(CN(C2CC2)[C@H]2CCS(=O)(=O)C2)c(=S)s1)C1CC1. The molecule has 0 unspecified atom stereocenters. The van der Waals surface area contributed by atoms with Crippen LogP contribution in [0.1, 0.15) is 39.0 Å². The monoisotopic (exact) mass is 402 g/mol. The molecule has 4 rings (SSSR count). The number of carbonyl (C=O) groups excluding carboxylic acids is 1. The molecule has 1 aromatic rings. The summed E-state index contributed by atoms with van der Waals surface area (Å²) in [4.78, 5) is 15.9. The number of rotatable bonds is 6. The van der Waals surface area contributed by atoms with Gasteiger partial charge in [0.15, 0.2) is 13.8 Å². The zero-order valence-corrected chi connectivity index (χ0v) is 16.6. The number of hydrogen-bond donors (Lipinski definition) is 0. The van der Waals surface area contributed by atoms with E-state index in [1.165, 1.54) is 11.3 Å². The maximum absolute atomic E-state index is 11.9. The third-order valence-electron chi connectivity index (χ3n) is 5.04. The Morgan fingerprint density at radius 2 is 1.92 bits per heavy atom. The largest absolute Gasteiger partial charge is 0.284 e. The fourth-order valence-electron chi connectivity index (χ4n) is 3.49. The van der Waals surface area contributed by atoms with Crippen LogP contribution >= 0.6 is 23.6 Å². The summed E-state index contributed by atoms with van der Waals surface area (Å²) < 4.78 is 26.1. The number of nitrogens with zero attached hydrogens (tertiary/aromatic N) is 4. The Morgan fingerprint density at radius 1 is 1.24 bits per heavy atom. The van der Waals surface area contributed by atoms with E-state index in [0.717, 1.165) is 25.7 Å². The molecule has 10 heteroatoms. The molecule has 2 aliphatic carbocycles. The average molecular weight is 403 g/mol. The van der Waals surface area contributed by atoms with Gasteiger partial charge in [0.05, 0.1) is 18.2 Å². The first-order valence-corrected chi connectivity index (χ1v) is 11.7. The quantitative estimate of drug-likeness (QED) is 0.676. The van der Waals surface area contributed by atoms with Gasteiger partial charge in [0, 0.05) is 25.0 Å². The Morgan fingerprint density at radius 3 is 2.44 bits per heavy atom. The van der Waals surface area contributed by atoms with Crippen molar-refractivity contribution in [2.75, 3.05) is 16.4 Å². The van der Waals surface area contributed by atoms with Gasteiger partial charge in [0.1, 0.15) is 0 Å². The van der Waals surface area contributed by atoms with Crippen LogP contribution in [-0.4, -0.2) is 58.6 Å². The van der Waals surface area contributed by atoms with Crippen molar-refractivity contribution in [1.29, 1.82) is 0 Å². The molecular weight excluding hydrogens is 380 g/mol. The molecule has 1 aliphatic heterocycles. The van der Waals surface area contributed by atoms with E-state index in [0.29, 0.717) is 28.2 Å². The fraction of sp³-hybridized carbons (Fsp3) is 0.800. The standard InChI is InChI=1S/C15H22N4O3S3/c1-10(20)19(12-4-5-12)14-16-18(15(23)24-14)9-17(11-2-3-11)13-6-7-25(21,22)8-13/h11-13H,2-9H2,1H3/t13-/m0/s1. The molecule has 1 amide bonds. The first-order valence-electron chi connectivity index (χ1n) is 8.68. The van der Waals surface area contributed by atoms with Gasteiger partial charge >= 0.3 is 0 Å². The van der Waals surface area contributed by atoms with Gasteiger partial charge in [-0.05, 0) is 44.3 Å². The molecule has 1 saturated heterocycles. The molecule has 138 valence electrons. The van der Waals surface area contributed by atoms with Crippen LogP contribution < -0.4 is 4.90 Å². The van der Waals surface area contributed by atoms with Crippen LogP contribution in [0.5, 0.6) is 0 Å². The average Bonchev–Trinajstić information content (AvgIpc) is 3.42. The highest BCUT2D eigenvalue weighted by atomic mass is 32.2. The second kappa shape index (κ2) is 6.40. The summed E-state index contributed by atoms with van der Waals surface area (Å²) in [5.74, 6) is 0.503. The van der Waals surface area contributed by atoms with Crippen LogP contribution in [0.15, 0.2) is 0 Å². The molecule has 3 aliphatic rings. The lowest BCUT2D eigenvalue weighted by Crippen LogP contribution is -2.39. The van der Waals surface area contributed by atoms with E-state index in [1.54, 1.807) is 16.5 Å². The van der Waals surface area contributed by atoms with Crippen molar-refractivity contribution >= 4 is 44.4 Å². The van der Waals surface area contributed by atoms with Crippen molar-refractivity contribution in [3.8, 4) is 0 Å². The third kappa shape index (κ3) is 3.81.